The Morgan fingerprint density at radius 3 is 2.59 bits per heavy atom. The molecule has 4 aliphatic rings. The van der Waals surface area contributed by atoms with Crippen LogP contribution in [0, 0.1) is 17.3 Å². The van der Waals surface area contributed by atoms with Gasteiger partial charge in [-0.3, -0.25) is 9.59 Å². The molecule has 1 aromatic carbocycles. The summed E-state index contributed by atoms with van der Waals surface area (Å²) >= 11 is 5.96. The number of ether oxygens (including phenoxy) is 2. The van der Waals surface area contributed by atoms with Crippen molar-refractivity contribution in [2.75, 3.05) is 19.0 Å². The summed E-state index contributed by atoms with van der Waals surface area (Å²) in [5.41, 5.74) is -0.943. The maximum absolute atomic E-state index is 12.8. The average Bonchev–Trinajstić information content (AvgIpc) is 2.57. The molecule has 4 atom stereocenters. The summed E-state index contributed by atoms with van der Waals surface area (Å²) < 4.78 is 10.6. The highest BCUT2D eigenvalue weighted by atomic mass is 35.5. The standard InChI is InChI=1S/C20H24ClNO5/c1-26-16-3-2-14(21)5-15(16)22-17(23)10-27-18(24)19-6-12-4-13(7-19)9-20(25,8-12)11-19/h2-3,5,12-13,25H,4,6-11H2,1H3,(H,22,23)/t12-,13+,19?,20?. The Morgan fingerprint density at radius 2 is 1.96 bits per heavy atom. The van der Waals surface area contributed by atoms with Gasteiger partial charge in [-0.1, -0.05) is 11.6 Å². The molecule has 1 aromatic rings. The van der Waals surface area contributed by atoms with Crippen LogP contribution in [0.25, 0.3) is 0 Å². The molecule has 0 spiro atoms. The zero-order valence-corrected chi connectivity index (χ0v) is 16.1. The topological polar surface area (TPSA) is 84.9 Å². The molecule has 0 aliphatic heterocycles. The second-order valence-electron chi connectivity index (χ2n) is 8.43. The predicted molar refractivity (Wildman–Crippen MR) is 99.7 cm³/mol. The summed E-state index contributed by atoms with van der Waals surface area (Å²) in [6, 6.07) is 4.89. The van der Waals surface area contributed by atoms with E-state index in [4.69, 9.17) is 21.1 Å². The third-order valence-corrected chi connectivity index (χ3v) is 6.47. The first-order valence-corrected chi connectivity index (χ1v) is 9.72. The molecule has 7 heteroatoms. The number of carbonyl (C=O) groups excluding carboxylic acids is 2. The largest absolute Gasteiger partial charge is 0.495 e. The first-order valence-electron chi connectivity index (χ1n) is 9.34. The van der Waals surface area contributed by atoms with E-state index in [-0.39, 0.29) is 12.6 Å². The first-order chi connectivity index (χ1) is 12.8. The van der Waals surface area contributed by atoms with Gasteiger partial charge in [-0.2, -0.15) is 0 Å². The maximum Gasteiger partial charge on any atom is 0.312 e. The zero-order chi connectivity index (χ0) is 19.2. The van der Waals surface area contributed by atoms with Crippen molar-refractivity contribution in [3.05, 3.63) is 23.2 Å². The van der Waals surface area contributed by atoms with E-state index >= 15 is 0 Å². The molecule has 5 rings (SSSR count). The van der Waals surface area contributed by atoms with E-state index < -0.39 is 16.9 Å². The number of aliphatic hydroxyl groups is 1. The lowest BCUT2D eigenvalue weighted by Crippen LogP contribution is -2.58. The number of halogens is 1. The first kappa shape index (κ1) is 18.6. The summed E-state index contributed by atoms with van der Waals surface area (Å²) in [5, 5.41) is 13.9. The maximum atomic E-state index is 12.8. The number of methoxy groups -OCH3 is 1. The molecule has 4 aliphatic carbocycles. The van der Waals surface area contributed by atoms with Gasteiger partial charge in [0.25, 0.3) is 5.91 Å². The molecule has 4 saturated carbocycles. The molecule has 2 N–H and O–H groups in total. The summed E-state index contributed by atoms with van der Waals surface area (Å²) in [6.45, 7) is -0.371. The number of hydrogen-bond acceptors (Lipinski definition) is 5. The fraction of sp³-hybridized carbons (Fsp3) is 0.600. The number of carbonyl (C=O) groups is 2. The molecule has 146 valence electrons. The second kappa shape index (κ2) is 6.67. The van der Waals surface area contributed by atoms with Crippen LogP contribution in [-0.2, 0) is 14.3 Å². The number of esters is 1. The van der Waals surface area contributed by atoms with Crippen molar-refractivity contribution in [1.82, 2.24) is 0 Å². The minimum atomic E-state index is -0.737. The number of amides is 1. The van der Waals surface area contributed by atoms with E-state index in [2.05, 4.69) is 5.32 Å². The average molecular weight is 394 g/mol. The molecule has 2 unspecified atom stereocenters. The van der Waals surface area contributed by atoms with Crippen LogP contribution in [0.5, 0.6) is 5.75 Å². The lowest BCUT2D eigenvalue weighted by molar-refractivity contribution is -0.196. The molecule has 6 nitrogen and oxygen atoms in total. The Kier molecular flexibility index (Phi) is 4.59. The Balaban J connectivity index is 1.38. The Labute approximate surface area is 163 Å². The van der Waals surface area contributed by atoms with Gasteiger partial charge < -0.3 is 19.9 Å². The lowest BCUT2D eigenvalue weighted by Gasteiger charge is -2.58. The molecule has 0 heterocycles. The van der Waals surface area contributed by atoms with Crippen molar-refractivity contribution in [2.24, 2.45) is 17.3 Å². The van der Waals surface area contributed by atoms with Gasteiger partial charge in [0.05, 0.1) is 23.8 Å². The van der Waals surface area contributed by atoms with Crippen molar-refractivity contribution in [3.8, 4) is 5.75 Å². The van der Waals surface area contributed by atoms with Crippen LogP contribution >= 0.6 is 11.6 Å². The summed E-state index contributed by atoms with van der Waals surface area (Å²) in [6.07, 6.45) is 4.63. The van der Waals surface area contributed by atoms with E-state index in [1.54, 1.807) is 18.2 Å². The van der Waals surface area contributed by atoms with Crippen LogP contribution in [0.1, 0.15) is 38.5 Å². The highest BCUT2D eigenvalue weighted by Gasteiger charge is 2.60. The van der Waals surface area contributed by atoms with Gasteiger partial charge in [0, 0.05) is 5.02 Å². The van der Waals surface area contributed by atoms with Crippen molar-refractivity contribution >= 4 is 29.2 Å². The van der Waals surface area contributed by atoms with Crippen molar-refractivity contribution in [2.45, 2.75) is 44.1 Å². The monoisotopic (exact) mass is 393 g/mol. The number of benzene rings is 1. The molecule has 0 saturated heterocycles. The van der Waals surface area contributed by atoms with Gasteiger partial charge in [0.15, 0.2) is 6.61 Å². The molecule has 4 fully saturated rings. The van der Waals surface area contributed by atoms with Gasteiger partial charge in [0.1, 0.15) is 5.75 Å². The van der Waals surface area contributed by atoms with Crippen molar-refractivity contribution in [3.63, 3.8) is 0 Å². The summed E-state index contributed by atoms with van der Waals surface area (Å²) in [5.74, 6) is 0.430. The van der Waals surface area contributed by atoms with Gasteiger partial charge in [-0.25, -0.2) is 0 Å². The van der Waals surface area contributed by atoms with Crippen LogP contribution < -0.4 is 10.1 Å². The van der Waals surface area contributed by atoms with Crippen LogP contribution in [0.15, 0.2) is 18.2 Å². The van der Waals surface area contributed by atoms with E-state index in [0.717, 1.165) is 32.1 Å². The fourth-order valence-corrected chi connectivity index (χ4v) is 5.87. The molecular weight excluding hydrogens is 370 g/mol. The highest BCUT2D eigenvalue weighted by molar-refractivity contribution is 6.31. The van der Waals surface area contributed by atoms with Crippen molar-refractivity contribution in [1.29, 1.82) is 0 Å². The van der Waals surface area contributed by atoms with Crippen LogP contribution in [0.4, 0.5) is 5.69 Å². The Bertz CT molecular complexity index is 766. The van der Waals surface area contributed by atoms with E-state index in [0.29, 0.717) is 34.7 Å². The van der Waals surface area contributed by atoms with Gasteiger partial charge in [-0.05, 0) is 68.6 Å². The number of anilines is 1. The number of hydrogen-bond donors (Lipinski definition) is 2. The van der Waals surface area contributed by atoms with Crippen LogP contribution in [-0.4, -0.2) is 36.3 Å². The second-order valence-corrected chi connectivity index (χ2v) is 8.87. The third-order valence-electron chi connectivity index (χ3n) is 6.23. The number of nitrogens with one attached hydrogen (secondary N) is 1. The summed E-state index contributed by atoms with van der Waals surface area (Å²) in [4.78, 5) is 25.1. The normalized spacial score (nSPS) is 33.6. The molecule has 27 heavy (non-hydrogen) atoms. The van der Waals surface area contributed by atoms with E-state index in [9.17, 15) is 14.7 Å². The minimum absolute atomic E-state index is 0.358. The van der Waals surface area contributed by atoms with E-state index in [1.807, 2.05) is 0 Å². The lowest BCUT2D eigenvalue weighted by atomic mass is 9.48. The fourth-order valence-electron chi connectivity index (χ4n) is 5.70. The molecular formula is C20H24ClNO5. The summed E-state index contributed by atoms with van der Waals surface area (Å²) in [7, 11) is 1.50. The quantitative estimate of drug-likeness (QED) is 0.750. The van der Waals surface area contributed by atoms with Crippen LogP contribution in [0.3, 0.4) is 0 Å². The smallest absolute Gasteiger partial charge is 0.312 e. The predicted octanol–water partition coefficient (Wildman–Crippen LogP) is 3.16. The van der Waals surface area contributed by atoms with E-state index in [1.165, 1.54) is 7.11 Å². The molecule has 0 aromatic heterocycles. The molecule has 0 radical (unpaired) electrons. The third kappa shape index (κ3) is 3.52. The minimum Gasteiger partial charge on any atom is -0.495 e. The SMILES string of the molecule is COc1ccc(Cl)cc1NC(=O)COC(=O)C12C[C@@H]3C[C@@H](CC(O)(C3)C1)C2. The van der Waals surface area contributed by atoms with Crippen LogP contribution in [0.2, 0.25) is 5.02 Å². The van der Waals surface area contributed by atoms with Gasteiger partial charge in [-0.15, -0.1) is 0 Å². The van der Waals surface area contributed by atoms with Crippen molar-refractivity contribution < 1.29 is 24.2 Å². The Morgan fingerprint density at radius 1 is 1.26 bits per heavy atom. The van der Waals surface area contributed by atoms with Gasteiger partial charge >= 0.3 is 5.97 Å². The molecule has 4 bridgehead atoms. The zero-order valence-electron chi connectivity index (χ0n) is 15.3. The van der Waals surface area contributed by atoms with Gasteiger partial charge in [0.2, 0.25) is 0 Å². The molecule has 1 amide bonds. The Hall–Kier alpha value is -1.79. The number of rotatable bonds is 5. The highest BCUT2D eigenvalue weighted by Crippen LogP contribution is 2.61.